The number of nitrogens with zero attached hydrogens (tertiary/aromatic N) is 1. The molecular formula is C12H7BrFNO. The van der Waals surface area contributed by atoms with Crippen molar-refractivity contribution in [3.8, 4) is 0 Å². The van der Waals surface area contributed by atoms with Crippen LogP contribution in [0.25, 0.3) is 0 Å². The molecule has 0 unspecified atom stereocenters. The van der Waals surface area contributed by atoms with Crippen molar-refractivity contribution in [1.82, 2.24) is 4.98 Å². The Balaban J connectivity index is 2.39. The minimum absolute atomic E-state index is 0.172. The Labute approximate surface area is 100 Å². The molecule has 0 amide bonds. The third kappa shape index (κ3) is 2.17. The standard InChI is InChI=1S/C12H7BrFNO/c13-10-6-8(3-4-11(10)14)12(16)9-2-1-5-15-7-9/h1-7H. The van der Waals surface area contributed by atoms with E-state index < -0.39 is 0 Å². The molecule has 0 saturated heterocycles. The van der Waals surface area contributed by atoms with Gasteiger partial charge in [0.1, 0.15) is 5.82 Å². The number of carbonyl (C=O) groups is 1. The number of hydrogen-bond donors (Lipinski definition) is 0. The zero-order valence-electron chi connectivity index (χ0n) is 8.15. The van der Waals surface area contributed by atoms with Crippen LogP contribution < -0.4 is 0 Å². The predicted octanol–water partition coefficient (Wildman–Crippen LogP) is 3.21. The summed E-state index contributed by atoms with van der Waals surface area (Å²) in [6, 6.07) is 7.53. The summed E-state index contributed by atoms with van der Waals surface area (Å²) in [4.78, 5) is 15.8. The topological polar surface area (TPSA) is 30.0 Å². The fraction of sp³-hybridized carbons (Fsp3) is 0. The molecule has 0 bridgehead atoms. The van der Waals surface area contributed by atoms with Gasteiger partial charge in [-0.3, -0.25) is 9.78 Å². The lowest BCUT2D eigenvalue weighted by Gasteiger charge is -2.01. The Bertz CT molecular complexity index is 528. The van der Waals surface area contributed by atoms with Crippen LogP contribution in [0.3, 0.4) is 0 Å². The summed E-state index contributed by atoms with van der Waals surface area (Å²) >= 11 is 3.04. The first-order valence-electron chi connectivity index (χ1n) is 4.58. The number of halogens is 2. The summed E-state index contributed by atoms with van der Waals surface area (Å²) < 4.78 is 13.3. The summed E-state index contributed by atoms with van der Waals surface area (Å²) in [7, 11) is 0. The molecule has 80 valence electrons. The lowest BCUT2D eigenvalue weighted by atomic mass is 10.1. The van der Waals surface area contributed by atoms with E-state index in [4.69, 9.17) is 0 Å². The van der Waals surface area contributed by atoms with Crippen LogP contribution in [-0.2, 0) is 0 Å². The van der Waals surface area contributed by atoms with Gasteiger partial charge in [0.05, 0.1) is 4.47 Å². The first kappa shape index (κ1) is 11.0. The average molecular weight is 280 g/mol. The summed E-state index contributed by atoms with van der Waals surface area (Å²) in [5.74, 6) is -0.559. The second kappa shape index (κ2) is 4.53. The molecule has 0 atom stereocenters. The Kier molecular flexibility index (Phi) is 3.10. The average Bonchev–Trinajstić information content (AvgIpc) is 2.33. The highest BCUT2D eigenvalue weighted by molar-refractivity contribution is 9.10. The molecule has 2 nitrogen and oxygen atoms in total. The van der Waals surface area contributed by atoms with E-state index in [2.05, 4.69) is 20.9 Å². The minimum Gasteiger partial charge on any atom is -0.289 e. The van der Waals surface area contributed by atoms with Gasteiger partial charge >= 0.3 is 0 Å². The Morgan fingerprint density at radius 1 is 1.25 bits per heavy atom. The van der Waals surface area contributed by atoms with Gasteiger partial charge in [0.25, 0.3) is 0 Å². The Morgan fingerprint density at radius 3 is 2.69 bits per heavy atom. The molecule has 0 aliphatic heterocycles. The number of benzene rings is 1. The van der Waals surface area contributed by atoms with Crippen LogP contribution >= 0.6 is 15.9 Å². The number of rotatable bonds is 2. The third-order valence-corrected chi connectivity index (χ3v) is 2.71. The van der Waals surface area contributed by atoms with Crippen molar-refractivity contribution >= 4 is 21.7 Å². The monoisotopic (exact) mass is 279 g/mol. The third-order valence-electron chi connectivity index (χ3n) is 2.11. The normalized spacial score (nSPS) is 10.1. The van der Waals surface area contributed by atoms with Crippen molar-refractivity contribution in [3.05, 3.63) is 64.1 Å². The predicted molar refractivity (Wildman–Crippen MR) is 61.8 cm³/mol. The molecule has 2 aromatic rings. The van der Waals surface area contributed by atoms with Crippen LogP contribution in [0, 0.1) is 5.82 Å². The maximum atomic E-state index is 13.0. The fourth-order valence-electron chi connectivity index (χ4n) is 1.30. The molecule has 0 aliphatic carbocycles. The summed E-state index contributed by atoms with van der Waals surface area (Å²) in [5.41, 5.74) is 0.919. The highest BCUT2D eigenvalue weighted by Gasteiger charge is 2.10. The molecular weight excluding hydrogens is 273 g/mol. The van der Waals surface area contributed by atoms with E-state index in [1.807, 2.05) is 0 Å². The second-order valence-electron chi connectivity index (χ2n) is 3.20. The molecule has 1 aromatic carbocycles. The lowest BCUT2D eigenvalue weighted by Crippen LogP contribution is -2.01. The SMILES string of the molecule is O=C(c1cccnc1)c1ccc(F)c(Br)c1. The van der Waals surface area contributed by atoms with Gasteiger partial charge in [-0.2, -0.15) is 0 Å². The van der Waals surface area contributed by atoms with Gasteiger partial charge in [-0.25, -0.2) is 4.39 Å². The van der Waals surface area contributed by atoms with Gasteiger partial charge < -0.3 is 0 Å². The van der Waals surface area contributed by atoms with Gasteiger partial charge in [0.15, 0.2) is 5.78 Å². The smallest absolute Gasteiger partial charge is 0.194 e. The van der Waals surface area contributed by atoms with Crippen molar-refractivity contribution in [2.75, 3.05) is 0 Å². The van der Waals surface area contributed by atoms with Crippen LogP contribution in [0.5, 0.6) is 0 Å². The van der Waals surface area contributed by atoms with Crippen molar-refractivity contribution in [3.63, 3.8) is 0 Å². The van der Waals surface area contributed by atoms with E-state index >= 15 is 0 Å². The van der Waals surface area contributed by atoms with Crippen molar-refractivity contribution in [2.24, 2.45) is 0 Å². The molecule has 16 heavy (non-hydrogen) atoms. The molecule has 0 spiro atoms. The van der Waals surface area contributed by atoms with Crippen LogP contribution in [0.2, 0.25) is 0 Å². The molecule has 0 radical (unpaired) electrons. The first-order chi connectivity index (χ1) is 7.68. The number of aromatic nitrogens is 1. The van der Waals surface area contributed by atoms with Crippen LogP contribution in [0.1, 0.15) is 15.9 Å². The van der Waals surface area contributed by atoms with Gasteiger partial charge in [0, 0.05) is 23.5 Å². The van der Waals surface area contributed by atoms with E-state index in [-0.39, 0.29) is 16.1 Å². The zero-order valence-corrected chi connectivity index (χ0v) is 9.74. The number of ketones is 1. The molecule has 0 fully saturated rings. The molecule has 1 aromatic heterocycles. The second-order valence-corrected chi connectivity index (χ2v) is 4.05. The first-order valence-corrected chi connectivity index (χ1v) is 5.37. The van der Waals surface area contributed by atoms with Crippen molar-refractivity contribution < 1.29 is 9.18 Å². The molecule has 0 saturated carbocycles. The Morgan fingerprint density at radius 2 is 2.06 bits per heavy atom. The zero-order chi connectivity index (χ0) is 11.5. The van der Waals surface area contributed by atoms with Crippen LogP contribution in [0.4, 0.5) is 4.39 Å². The molecule has 0 N–H and O–H groups in total. The van der Waals surface area contributed by atoms with Crippen molar-refractivity contribution in [2.45, 2.75) is 0 Å². The fourth-order valence-corrected chi connectivity index (χ4v) is 1.68. The van der Waals surface area contributed by atoms with E-state index in [1.54, 1.807) is 18.3 Å². The number of carbonyl (C=O) groups excluding carboxylic acids is 1. The highest BCUT2D eigenvalue weighted by atomic mass is 79.9. The van der Waals surface area contributed by atoms with Crippen molar-refractivity contribution in [1.29, 1.82) is 0 Å². The maximum Gasteiger partial charge on any atom is 0.194 e. The van der Waals surface area contributed by atoms with E-state index in [0.717, 1.165) is 0 Å². The van der Waals surface area contributed by atoms with E-state index in [1.165, 1.54) is 24.4 Å². The molecule has 2 rings (SSSR count). The van der Waals surface area contributed by atoms with Gasteiger partial charge in [-0.15, -0.1) is 0 Å². The minimum atomic E-state index is -0.386. The summed E-state index contributed by atoms with van der Waals surface area (Å²) in [5, 5.41) is 0. The summed E-state index contributed by atoms with van der Waals surface area (Å²) in [6.07, 6.45) is 3.08. The quantitative estimate of drug-likeness (QED) is 0.790. The molecule has 4 heteroatoms. The van der Waals surface area contributed by atoms with Gasteiger partial charge in [-0.1, -0.05) is 0 Å². The van der Waals surface area contributed by atoms with Gasteiger partial charge in [-0.05, 0) is 46.3 Å². The lowest BCUT2D eigenvalue weighted by molar-refractivity contribution is 0.103. The molecule has 0 aliphatic rings. The van der Waals surface area contributed by atoms with E-state index in [9.17, 15) is 9.18 Å². The van der Waals surface area contributed by atoms with E-state index in [0.29, 0.717) is 11.1 Å². The maximum absolute atomic E-state index is 13.0. The number of hydrogen-bond acceptors (Lipinski definition) is 2. The largest absolute Gasteiger partial charge is 0.289 e. The Hall–Kier alpha value is -1.55. The molecule has 1 heterocycles. The van der Waals surface area contributed by atoms with Crippen LogP contribution in [0.15, 0.2) is 47.2 Å². The number of pyridine rings is 1. The van der Waals surface area contributed by atoms with Crippen LogP contribution in [-0.4, -0.2) is 10.8 Å². The summed E-state index contributed by atoms with van der Waals surface area (Å²) in [6.45, 7) is 0. The van der Waals surface area contributed by atoms with Gasteiger partial charge in [0.2, 0.25) is 0 Å². The highest BCUT2D eigenvalue weighted by Crippen LogP contribution is 2.18.